The fraction of sp³-hybridized carbons (Fsp3) is 0.500. The molecule has 1 aromatic rings. The summed E-state index contributed by atoms with van der Waals surface area (Å²) in [6.07, 6.45) is 1.25. The molecule has 4 heteroatoms. The van der Waals surface area contributed by atoms with E-state index in [1.165, 1.54) is 7.11 Å². The van der Waals surface area contributed by atoms with Gasteiger partial charge in [0.05, 0.1) is 18.8 Å². The highest BCUT2D eigenvalue weighted by Gasteiger charge is 2.23. The van der Waals surface area contributed by atoms with Gasteiger partial charge in [0, 0.05) is 19.2 Å². The molecule has 1 N–H and O–H groups in total. The molecule has 0 radical (unpaired) electrons. The largest absolute Gasteiger partial charge is 0.465 e. The minimum atomic E-state index is -0.289. The zero-order valence-corrected chi connectivity index (χ0v) is 10.8. The van der Waals surface area contributed by atoms with E-state index in [0.717, 1.165) is 18.6 Å². The maximum Gasteiger partial charge on any atom is 0.338 e. The Morgan fingerprint density at radius 3 is 2.94 bits per heavy atom. The van der Waals surface area contributed by atoms with Crippen molar-refractivity contribution in [3.05, 3.63) is 35.4 Å². The van der Waals surface area contributed by atoms with Crippen LogP contribution in [0.5, 0.6) is 0 Å². The first-order valence-electron chi connectivity index (χ1n) is 6.23. The second-order valence-electron chi connectivity index (χ2n) is 4.50. The Kier molecular flexibility index (Phi) is 4.33. The van der Waals surface area contributed by atoms with E-state index >= 15 is 0 Å². The second-order valence-corrected chi connectivity index (χ2v) is 4.50. The molecule has 98 valence electrons. The zero-order chi connectivity index (χ0) is 13.0. The molecule has 1 saturated heterocycles. The lowest BCUT2D eigenvalue weighted by molar-refractivity contribution is 0.0599. The van der Waals surface area contributed by atoms with Gasteiger partial charge in [-0.15, -0.1) is 0 Å². The molecule has 2 atom stereocenters. The first-order valence-corrected chi connectivity index (χ1v) is 6.23. The first kappa shape index (κ1) is 13.1. The zero-order valence-electron chi connectivity index (χ0n) is 10.8. The third kappa shape index (κ3) is 2.89. The van der Waals surface area contributed by atoms with Crippen molar-refractivity contribution < 1.29 is 14.3 Å². The summed E-state index contributed by atoms with van der Waals surface area (Å²) in [5, 5.41) is 3.43. The molecule has 0 saturated carbocycles. The Labute approximate surface area is 107 Å². The highest BCUT2D eigenvalue weighted by Crippen LogP contribution is 2.15. The first-order chi connectivity index (χ1) is 8.72. The number of hydrogen-bond acceptors (Lipinski definition) is 4. The number of rotatable bonds is 4. The number of nitrogens with one attached hydrogen (secondary N) is 1. The summed E-state index contributed by atoms with van der Waals surface area (Å²) in [5.41, 5.74) is 1.59. The molecule has 0 spiro atoms. The Bertz CT molecular complexity index is 419. The Morgan fingerprint density at radius 1 is 1.50 bits per heavy atom. The van der Waals surface area contributed by atoms with Gasteiger partial charge in [-0.25, -0.2) is 4.79 Å². The Hall–Kier alpha value is -1.39. The fourth-order valence-corrected chi connectivity index (χ4v) is 2.22. The molecular weight excluding hydrogens is 230 g/mol. The number of ether oxygens (including phenoxy) is 2. The smallest absolute Gasteiger partial charge is 0.338 e. The van der Waals surface area contributed by atoms with Crippen LogP contribution >= 0.6 is 0 Å². The highest BCUT2D eigenvalue weighted by molar-refractivity contribution is 5.90. The van der Waals surface area contributed by atoms with Crippen molar-refractivity contribution in [1.29, 1.82) is 0 Å². The second kappa shape index (κ2) is 5.98. The lowest BCUT2D eigenvalue weighted by Crippen LogP contribution is -2.34. The number of carbonyl (C=O) groups excluding carboxylic acids is 1. The lowest BCUT2D eigenvalue weighted by atomic mass is 10.1. The maximum absolute atomic E-state index is 11.6. The summed E-state index contributed by atoms with van der Waals surface area (Å²) < 4.78 is 10.3. The van der Waals surface area contributed by atoms with Crippen LogP contribution in [0.3, 0.4) is 0 Å². The van der Waals surface area contributed by atoms with Crippen molar-refractivity contribution in [2.45, 2.75) is 32.0 Å². The van der Waals surface area contributed by atoms with Crippen molar-refractivity contribution in [3.63, 3.8) is 0 Å². The third-order valence-electron chi connectivity index (χ3n) is 3.35. The van der Waals surface area contributed by atoms with E-state index in [0.29, 0.717) is 18.2 Å². The SMILES string of the molecule is COC(=O)c1ccccc1CNC1CCOC1C. The van der Waals surface area contributed by atoms with Crippen LogP contribution < -0.4 is 5.32 Å². The molecule has 2 rings (SSSR count). The van der Waals surface area contributed by atoms with Crippen LogP contribution in [0.4, 0.5) is 0 Å². The minimum Gasteiger partial charge on any atom is -0.465 e. The van der Waals surface area contributed by atoms with Crippen LogP contribution in [0.2, 0.25) is 0 Å². The van der Waals surface area contributed by atoms with Crippen molar-refractivity contribution in [2.75, 3.05) is 13.7 Å². The molecule has 1 aliphatic heterocycles. The lowest BCUT2D eigenvalue weighted by Gasteiger charge is -2.17. The number of benzene rings is 1. The fourth-order valence-electron chi connectivity index (χ4n) is 2.22. The van der Waals surface area contributed by atoms with Crippen LogP contribution in [0.25, 0.3) is 0 Å². The van der Waals surface area contributed by atoms with Crippen LogP contribution in [-0.4, -0.2) is 31.8 Å². The van der Waals surface area contributed by atoms with Gasteiger partial charge in [0.2, 0.25) is 0 Å². The number of esters is 1. The summed E-state index contributed by atoms with van der Waals surface area (Å²) in [6.45, 7) is 3.53. The van der Waals surface area contributed by atoms with Crippen molar-refractivity contribution in [3.8, 4) is 0 Å². The summed E-state index contributed by atoms with van der Waals surface area (Å²) >= 11 is 0. The molecule has 1 heterocycles. The van der Waals surface area contributed by atoms with E-state index in [2.05, 4.69) is 12.2 Å². The Morgan fingerprint density at radius 2 is 2.28 bits per heavy atom. The van der Waals surface area contributed by atoms with Gasteiger partial charge in [-0.1, -0.05) is 18.2 Å². The molecule has 1 aromatic carbocycles. The number of hydrogen-bond donors (Lipinski definition) is 1. The van der Waals surface area contributed by atoms with Crippen LogP contribution in [-0.2, 0) is 16.0 Å². The van der Waals surface area contributed by atoms with E-state index in [9.17, 15) is 4.79 Å². The standard InChI is InChI=1S/C14H19NO3/c1-10-13(7-8-18-10)15-9-11-5-3-4-6-12(11)14(16)17-2/h3-6,10,13,15H,7-9H2,1-2H3. The van der Waals surface area contributed by atoms with Gasteiger partial charge >= 0.3 is 5.97 Å². The Balaban J connectivity index is 2.02. The van der Waals surface area contributed by atoms with E-state index in [4.69, 9.17) is 9.47 Å². The average Bonchev–Trinajstić information content (AvgIpc) is 2.81. The quantitative estimate of drug-likeness (QED) is 0.826. The summed E-state index contributed by atoms with van der Waals surface area (Å²) in [5.74, 6) is -0.289. The van der Waals surface area contributed by atoms with Crippen molar-refractivity contribution in [2.24, 2.45) is 0 Å². The molecular formula is C14H19NO3. The monoisotopic (exact) mass is 249 g/mol. The van der Waals surface area contributed by atoms with E-state index in [1.54, 1.807) is 6.07 Å². The molecule has 0 aliphatic carbocycles. The number of carbonyl (C=O) groups is 1. The predicted octanol–water partition coefficient (Wildman–Crippen LogP) is 1.74. The molecule has 0 amide bonds. The average molecular weight is 249 g/mol. The van der Waals surface area contributed by atoms with Crippen LogP contribution in [0.1, 0.15) is 29.3 Å². The highest BCUT2D eigenvalue weighted by atomic mass is 16.5. The van der Waals surface area contributed by atoms with Crippen LogP contribution in [0.15, 0.2) is 24.3 Å². The maximum atomic E-state index is 11.6. The van der Waals surface area contributed by atoms with E-state index in [1.807, 2.05) is 18.2 Å². The summed E-state index contributed by atoms with van der Waals surface area (Å²) in [4.78, 5) is 11.6. The van der Waals surface area contributed by atoms with Gasteiger partial charge < -0.3 is 14.8 Å². The van der Waals surface area contributed by atoms with Gasteiger partial charge in [0.1, 0.15) is 0 Å². The normalized spacial score (nSPS) is 23.0. The van der Waals surface area contributed by atoms with Gasteiger partial charge in [0.25, 0.3) is 0 Å². The van der Waals surface area contributed by atoms with Gasteiger partial charge in [-0.05, 0) is 25.0 Å². The summed E-state index contributed by atoms with van der Waals surface area (Å²) in [6, 6.07) is 7.86. The van der Waals surface area contributed by atoms with Crippen LogP contribution in [0, 0.1) is 0 Å². The predicted molar refractivity (Wildman–Crippen MR) is 68.4 cm³/mol. The van der Waals surface area contributed by atoms with Gasteiger partial charge in [-0.3, -0.25) is 0 Å². The van der Waals surface area contributed by atoms with Crippen molar-refractivity contribution in [1.82, 2.24) is 5.32 Å². The molecule has 2 unspecified atom stereocenters. The molecule has 1 fully saturated rings. The molecule has 0 bridgehead atoms. The minimum absolute atomic E-state index is 0.232. The molecule has 0 aromatic heterocycles. The third-order valence-corrected chi connectivity index (χ3v) is 3.35. The summed E-state index contributed by atoms with van der Waals surface area (Å²) in [7, 11) is 1.40. The molecule has 4 nitrogen and oxygen atoms in total. The molecule has 18 heavy (non-hydrogen) atoms. The van der Waals surface area contributed by atoms with E-state index in [-0.39, 0.29) is 12.1 Å². The number of methoxy groups -OCH3 is 1. The van der Waals surface area contributed by atoms with Gasteiger partial charge in [0.15, 0.2) is 0 Å². The van der Waals surface area contributed by atoms with E-state index < -0.39 is 0 Å². The van der Waals surface area contributed by atoms with Gasteiger partial charge in [-0.2, -0.15) is 0 Å². The molecule has 1 aliphatic rings. The topological polar surface area (TPSA) is 47.6 Å². The van der Waals surface area contributed by atoms with Crippen molar-refractivity contribution >= 4 is 5.97 Å².